The number of carboxylic acids is 1. The standard InChI is InChI=1S/C27H29F3N4O4S/c1-3-7-18-8-4-5-9-19(18)24-20(27(28,29)30)12-13-21(31-24)33-39(37,38)23-11-6-10-22(32-23)34-16-14-26(2,15-17-34)25(35)36/h4-6,8-13H,3,7,14-17H2,1-2H3,(H,31,33)(H,35,36). The summed E-state index contributed by atoms with van der Waals surface area (Å²) in [5, 5.41) is 9.12. The highest BCUT2D eigenvalue weighted by molar-refractivity contribution is 7.92. The van der Waals surface area contributed by atoms with E-state index in [4.69, 9.17) is 0 Å². The maximum atomic E-state index is 13.9. The molecular formula is C27H29F3N4O4S. The third kappa shape index (κ3) is 6.16. The van der Waals surface area contributed by atoms with Gasteiger partial charge >= 0.3 is 12.1 Å². The second-order valence-corrected chi connectivity index (χ2v) is 11.4. The molecule has 208 valence electrons. The number of pyridine rings is 2. The second-order valence-electron chi connectivity index (χ2n) is 9.79. The van der Waals surface area contributed by atoms with E-state index in [9.17, 15) is 31.5 Å². The minimum absolute atomic E-state index is 0.272. The maximum absolute atomic E-state index is 13.9. The molecular weight excluding hydrogens is 533 g/mol. The summed E-state index contributed by atoms with van der Waals surface area (Å²) in [4.78, 5) is 21.7. The van der Waals surface area contributed by atoms with Gasteiger partial charge in [0.1, 0.15) is 11.6 Å². The number of carboxylic acid groups (broad SMARTS) is 1. The van der Waals surface area contributed by atoms with Crippen molar-refractivity contribution in [3.05, 3.63) is 65.7 Å². The average Bonchev–Trinajstić information content (AvgIpc) is 2.89. The van der Waals surface area contributed by atoms with Gasteiger partial charge in [-0.15, -0.1) is 0 Å². The Balaban J connectivity index is 1.64. The largest absolute Gasteiger partial charge is 0.481 e. The van der Waals surface area contributed by atoms with Crippen molar-refractivity contribution >= 4 is 27.6 Å². The highest BCUT2D eigenvalue weighted by Crippen LogP contribution is 2.38. The molecule has 12 heteroatoms. The zero-order valence-electron chi connectivity index (χ0n) is 21.5. The Morgan fingerprint density at radius 1 is 1.05 bits per heavy atom. The number of hydrogen-bond acceptors (Lipinski definition) is 6. The molecule has 2 aromatic heterocycles. The van der Waals surface area contributed by atoms with Crippen LogP contribution >= 0.6 is 0 Å². The number of alkyl halides is 3. The fourth-order valence-corrected chi connectivity index (χ4v) is 5.52. The zero-order chi connectivity index (χ0) is 28.4. The van der Waals surface area contributed by atoms with Crippen LogP contribution in [-0.2, 0) is 27.4 Å². The van der Waals surface area contributed by atoms with Crippen LogP contribution in [0, 0.1) is 5.41 Å². The SMILES string of the molecule is CCCc1ccccc1-c1nc(NS(=O)(=O)c2cccc(N3CCC(C)(C(=O)O)CC3)n2)ccc1C(F)(F)F. The Morgan fingerprint density at radius 2 is 1.74 bits per heavy atom. The van der Waals surface area contributed by atoms with Gasteiger partial charge < -0.3 is 10.0 Å². The summed E-state index contributed by atoms with van der Waals surface area (Å²) in [6.07, 6.45) is -2.71. The number of piperidine rings is 1. The molecule has 0 amide bonds. The van der Waals surface area contributed by atoms with Gasteiger partial charge in [0.25, 0.3) is 10.0 Å². The maximum Gasteiger partial charge on any atom is 0.418 e. The van der Waals surface area contributed by atoms with Crippen LogP contribution in [-0.4, -0.2) is 42.6 Å². The zero-order valence-corrected chi connectivity index (χ0v) is 22.3. The van der Waals surface area contributed by atoms with Crippen molar-refractivity contribution < 1.29 is 31.5 Å². The fourth-order valence-electron chi connectivity index (χ4n) is 4.55. The first-order valence-corrected chi connectivity index (χ1v) is 14.0. The van der Waals surface area contributed by atoms with Gasteiger partial charge in [-0.2, -0.15) is 21.6 Å². The van der Waals surface area contributed by atoms with Crippen LogP contribution in [0.4, 0.5) is 24.8 Å². The third-order valence-corrected chi connectivity index (χ3v) is 8.18. The number of aliphatic carboxylic acids is 1. The number of carbonyl (C=O) groups is 1. The van der Waals surface area contributed by atoms with Gasteiger partial charge in [0.05, 0.1) is 16.7 Å². The molecule has 0 spiro atoms. The van der Waals surface area contributed by atoms with Gasteiger partial charge in [-0.1, -0.05) is 43.7 Å². The summed E-state index contributed by atoms with van der Waals surface area (Å²) in [5.74, 6) is -0.789. The first-order valence-electron chi connectivity index (χ1n) is 12.5. The Bertz CT molecular complexity index is 1470. The predicted octanol–water partition coefficient (Wildman–Crippen LogP) is 5.61. The number of nitrogens with zero attached hydrogens (tertiary/aromatic N) is 3. The molecule has 4 rings (SSSR count). The second kappa shape index (κ2) is 10.8. The normalized spacial score (nSPS) is 15.7. The number of sulfonamides is 1. The molecule has 0 atom stereocenters. The topological polar surface area (TPSA) is 112 Å². The van der Waals surface area contributed by atoms with E-state index in [1.165, 1.54) is 12.1 Å². The number of rotatable bonds is 8. The lowest BCUT2D eigenvalue weighted by molar-refractivity contribution is -0.149. The first kappa shape index (κ1) is 28.3. The Morgan fingerprint density at radius 3 is 2.38 bits per heavy atom. The molecule has 2 N–H and O–H groups in total. The molecule has 0 bridgehead atoms. The van der Waals surface area contributed by atoms with Gasteiger partial charge in [-0.05, 0) is 56.0 Å². The van der Waals surface area contributed by atoms with Gasteiger partial charge in [0.2, 0.25) is 0 Å². The Hall–Kier alpha value is -3.67. The average molecular weight is 563 g/mol. The molecule has 39 heavy (non-hydrogen) atoms. The molecule has 1 aromatic carbocycles. The van der Waals surface area contributed by atoms with Crippen LogP contribution in [0.1, 0.15) is 44.2 Å². The molecule has 3 aromatic rings. The molecule has 3 heterocycles. The number of aryl methyl sites for hydroxylation is 1. The van der Waals surface area contributed by atoms with Gasteiger partial charge in [0, 0.05) is 18.7 Å². The molecule has 1 saturated heterocycles. The molecule has 0 saturated carbocycles. The molecule has 1 aliphatic heterocycles. The van der Waals surface area contributed by atoms with Crippen LogP contribution in [0.2, 0.25) is 0 Å². The van der Waals surface area contributed by atoms with Gasteiger partial charge in [-0.3, -0.25) is 9.52 Å². The lowest BCUT2D eigenvalue weighted by Crippen LogP contribution is -2.43. The minimum Gasteiger partial charge on any atom is -0.481 e. The van der Waals surface area contributed by atoms with E-state index in [2.05, 4.69) is 14.7 Å². The Labute approximate surface area is 225 Å². The van der Waals surface area contributed by atoms with E-state index < -0.39 is 33.1 Å². The van der Waals surface area contributed by atoms with Crippen LogP contribution < -0.4 is 9.62 Å². The summed E-state index contributed by atoms with van der Waals surface area (Å²) >= 11 is 0. The predicted molar refractivity (Wildman–Crippen MR) is 141 cm³/mol. The van der Waals surface area contributed by atoms with Crippen molar-refractivity contribution in [1.82, 2.24) is 9.97 Å². The van der Waals surface area contributed by atoms with E-state index in [1.54, 1.807) is 37.3 Å². The number of nitrogens with one attached hydrogen (secondary N) is 1. The molecule has 1 aliphatic rings. The van der Waals surface area contributed by atoms with E-state index in [1.807, 2.05) is 11.8 Å². The summed E-state index contributed by atoms with van der Waals surface area (Å²) in [7, 11) is -4.30. The summed E-state index contributed by atoms with van der Waals surface area (Å²) in [6, 6.07) is 12.8. The highest BCUT2D eigenvalue weighted by Gasteiger charge is 2.38. The van der Waals surface area contributed by atoms with Crippen molar-refractivity contribution in [3.8, 4) is 11.3 Å². The minimum atomic E-state index is -4.69. The van der Waals surface area contributed by atoms with Gasteiger partial charge in [0.15, 0.2) is 5.03 Å². The van der Waals surface area contributed by atoms with Crippen LogP contribution in [0.15, 0.2) is 59.6 Å². The van der Waals surface area contributed by atoms with E-state index >= 15 is 0 Å². The monoisotopic (exact) mass is 562 g/mol. The lowest BCUT2D eigenvalue weighted by atomic mass is 9.80. The highest BCUT2D eigenvalue weighted by atomic mass is 32.2. The number of halogens is 3. The number of benzene rings is 1. The molecule has 8 nitrogen and oxygen atoms in total. The Kier molecular flexibility index (Phi) is 7.87. The quantitative estimate of drug-likeness (QED) is 0.367. The van der Waals surface area contributed by atoms with Gasteiger partial charge in [-0.25, -0.2) is 9.97 Å². The number of anilines is 2. The smallest absolute Gasteiger partial charge is 0.418 e. The van der Waals surface area contributed by atoms with Crippen molar-refractivity contribution in [2.45, 2.75) is 50.7 Å². The van der Waals surface area contributed by atoms with Crippen LogP contribution in [0.3, 0.4) is 0 Å². The molecule has 0 radical (unpaired) electrons. The number of hydrogen-bond donors (Lipinski definition) is 2. The molecule has 0 unspecified atom stereocenters. The van der Waals surface area contributed by atoms with E-state index in [0.29, 0.717) is 50.2 Å². The lowest BCUT2D eigenvalue weighted by Gasteiger charge is -2.37. The van der Waals surface area contributed by atoms with Crippen molar-refractivity contribution in [2.24, 2.45) is 5.41 Å². The van der Waals surface area contributed by atoms with Crippen molar-refractivity contribution in [1.29, 1.82) is 0 Å². The summed E-state index contributed by atoms with van der Waals surface area (Å²) in [6.45, 7) is 4.35. The van der Waals surface area contributed by atoms with E-state index in [0.717, 1.165) is 12.1 Å². The van der Waals surface area contributed by atoms with Crippen molar-refractivity contribution in [2.75, 3.05) is 22.7 Å². The summed E-state index contributed by atoms with van der Waals surface area (Å²) < 4.78 is 70.3. The van der Waals surface area contributed by atoms with Crippen LogP contribution in [0.25, 0.3) is 11.3 Å². The summed E-state index contributed by atoms with van der Waals surface area (Å²) in [5.41, 5.74) is -1.22. The first-order chi connectivity index (χ1) is 18.3. The van der Waals surface area contributed by atoms with E-state index in [-0.39, 0.29) is 22.1 Å². The molecule has 0 aliphatic carbocycles. The number of aromatic nitrogens is 2. The third-order valence-electron chi connectivity index (χ3n) is 6.92. The van der Waals surface area contributed by atoms with Crippen LogP contribution in [0.5, 0.6) is 0 Å². The fraction of sp³-hybridized carbons (Fsp3) is 0.370. The molecule has 1 fully saturated rings. The van der Waals surface area contributed by atoms with Crippen molar-refractivity contribution in [3.63, 3.8) is 0 Å².